The number of epoxide rings is 1. The molecular formula is C17H26O. The summed E-state index contributed by atoms with van der Waals surface area (Å²) in [5.74, 6) is 0.617. The Morgan fingerprint density at radius 3 is 2.39 bits per heavy atom. The number of rotatable bonds is 7. The monoisotopic (exact) mass is 246 g/mol. The molecule has 100 valence electrons. The van der Waals surface area contributed by atoms with Gasteiger partial charge in [0.1, 0.15) is 0 Å². The quantitative estimate of drug-likeness (QED) is 0.635. The average molecular weight is 246 g/mol. The molecule has 1 aliphatic rings. The van der Waals surface area contributed by atoms with Gasteiger partial charge in [0, 0.05) is 0 Å². The van der Waals surface area contributed by atoms with Crippen molar-refractivity contribution in [1.29, 1.82) is 0 Å². The van der Waals surface area contributed by atoms with Gasteiger partial charge in [-0.1, -0.05) is 51.5 Å². The maximum atomic E-state index is 5.64. The normalized spacial score (nSPS) is 23.9. The van der Waals surface area contributed by atoms with Crippen molar-refractivity contribution in [3.05, 3.63) is 35.4 Å². The molecule has 0 amide bonds. The number of aryl methyl sites for hydroxylation is 1. The Morgan fingerprint density at radius 1 is 1.11 bits per heavy atom. The Bertz CT molecular complexity index is 354. The third kappa shape index (κ3) is 3.58. The highest BCUT2D eigenvalue weighted by atomic mass is 16.6. The van der Waals surface area contributed by atoms with Gasteiger partial charge in [0.25, 0.3) is 0 Å². The molecular weight excluding hydrogens is 220 g/mol. The summed E-state index contributed by atoms with van der Waals surface area (Å²) in [6.45, 7) is 6.77. The summed E-state index contributed by atoms with van der Waals surface area (Å²) < 4.78 is 5.64. The molecule has 3 unspecified atom stereocenters. The SMILES string of the molecule is CCCCc1ccc(C(C)CC2OC2CC)cc1. The summed E-state index contributed by atoms with van der Waals surface area (Å²) in [5.41, 5.74) is 2.93. The zero-order valence-electron chi connectivity index (χ0n) is 12.0. The molecule has 1 aromatic rings. The minimum Gasteiger partial charge on any atom is -0.370 e. The fourth-order valence-electron chi connectivity index (χ4n) is 2.62. The minimum absolute atomic E-state index is 0.518. The molecule has 1 aromatic carbocycles. The van der Waals surface area contributed by atoms with E-state index in [0.29, 0.717) is 18.1 Å². The van der Waals surface area contributed by atoms with E-state index in [1.54, 1.807) is 0 Å². The number of unbranched alkanes of at least 4 members (excludes halogenated alkanes) is 1. The molecule has 0 bridgehead atoms. The Hall–Kier alpha value is -0.820. The molecule has 1 nitrogen and oxygen atoms in total. The Morgan fingerprint density at radius 2 is 1.83 bits per heavy atom. The van der Waals surface area contributed by atoms with Crippen molar-refractivity contribution in [3.8, 4) is 0 Å². The van der Waals surface area contributed by atoms with E-state index >= 15 is 0 Å². The van der Waals surface area contributed by atoms with Crippen molar-refractivity contribution in [2.24, 2.45) is 0 Å². The zero-order valence-corrected chi connectivity index (χ0v) is 12.0. The van der Waals surface area contributed by atoms with E-state index in [1.807, 2.05) is 0 Å². The van der Waals surface area contributed by atoms with E-state index in [4.69, 9.17) is 4.74 Å². The molecule has 1 saturated heterocycles. The van der Waals surface area contributed by atoms with Gasteiger partial charge in [0.2, 0.25) is 0 Å². The van der Waals surface area contributed by atoms with Gasteiger partial charge in [-0.15, -0.1) is 0 Å². The van der Waals surface area contributed by atoms with E-state index in [1.165, 1.54) is 36.8 Å². The van der Waals surface area contributed by atoms with Crippen molar-refractivity contribution in [3.63, 3.8) is 0 Å². The van der Waals surface area contributed by atoms with Crippen LogP contribution < -0.4 is 0 Å². The lowest BCUT2D eigenvalue weighted by molar-refractivity contribution is 0.353. The first kappa shape index (κ1) is 13.6. The molecule has 0 radical (unpaired) electrons. The summed E-state index contributed by atoms with van der Waals surface area (Å²) in [6.07, 6.45) is 7.18. The van der Waals surface area contributed by atoms with Crippen molar-refractivity contribution in [2.45, 2.75) is 71.0 Å². The highest BCUT2D eigenvalue weighted by Gasteiger charge is 2.37. The maximum Gasteiger partial charge on any atom is 0.0847 e. The van der Waals surface area contributed by atoms with E-state index in [2.05, 4.69) is 45.0 Å². The lowest BCUT2D eigenvalue weighted by atomic mass is 9.93. The Balaban J connectivity index is 1.84. The van der Waals surface area contributed by atoms with Gasteiger partial charge in [0.05, 0.1) is 12.2 Å². The van der Waals surface area contributed by atoms with Crippen LogP contribution in [0.3, 0.4) is 0 Å². The average Bonchev–Trinajstić information content (AvgIpc) is 3.15. The van der Waals surface area contributed by atoms with Crippen LogP contribution in [0.15, 0.2) is 24.3 Å². The van der Waals surface area contributed by atoms with E-state index in [-0.39, 0.29) is 0 Å². The van der Waals surface area contributed by atoms with E-state index < -0.39 is 0 Å². The molecule has 1 fully saturated rings. The van der Waals surface area contributed by atoms with Crippen LogP contribution in [0, 0.1) is 0 Å². The number of hydrogen-bond donors (Lipinski definition) is 0. The van der Waals surface area contributed by atoms with Crippen LogP contribution in [-0.2, 0) is 11.2 Å². The summed E-state index contributed by atoms with van der Waals surface area (Å²) in [5, 5.41) is 0. The fourth-order valence-corrected chi connectivity index (χ4v) is 2.62. The van der Waals surface area contributed by atoms with Gasteiger partial charge in [-0.3, -0.25) is 0 Å². The lowest BCUT2D eigenvalue weighted by Gasteiger charge is -2.11. The molecule has 0 saturated carbocycles. The molecule has 1 heteroatoms. The smallest absolute Gasteiger partial charge is 0.0847 e. The van der Waals surface area contributed by atoms with Crippen molar-refractivity contribution < 1.29 is 4.74 Å². The Labute approximate surface area is 112 Å². The molecule has 0 aliphatic carbocycles. The second-order valence-corrected chi connectivity index (χ2v) is 5.60. The topological polar surface area (TPSA) is 12.5 Å². The first-order valence-corrected chi connectivity index (χ1v) is 7.48. The maximum absolute atomic E-state index is 5.64. The van der Waals surface area contributed by atoms with Crippen LogP contribution in [0.2, 0.25) is 0 Å². The van der Waals surface area contributed by atoms with E-state index in [9.17, 15) is 0 Å². The third-order valence-corrected chi connectivity index (χ3v) is 4.04. The third-order valence-electron chi connectivity index (χ3n) is 4.04. The second-order valence-electron chi connectivity index (χ2n) is 5.60. The van der Waals surface area contributed by atoms with Crippen LogP contribution in [-0.4, -0.2) is 12.2 Å². The minimum atomic E-state index is 0.518. The zero-order chi connectivity index (χ0) is 13.0. The summed E-state index contributed by atoms with van der Waals surface area (Å²) in [6, 6.07) is 9.21. The van der Waals surface area contributed by atoms with Crippen molar-refractivity contribution in [1.82, 2.24) is 0 Å². The fraction of sp³-hybridized carbons (Fsp3) is 0.647. The Kier molecular flexibility index (Phi) is 4.82. The summed E-state index contributed by atoms with van der Waals surface area (Å²) in [4.78, 5) is 0. The van der Waals surface area contributed by atoms with Crippen LogP contribution in [0.4, 0.5) is 0 Å². The number of hydrogen-bond acceptors (Lipinski definition) is 1. The first-order valence-electron chi connectivity index (χ1n) is 7.48. The first-order chi connectivity index (χ1) is 8.74. The predicted octanol–water partition coefficient (Wildman–Crippen LogP) is 4.70. The largest absolute Gasteiger partial charge is 0.370 e. The van der Waals surface area contributed by atoms with Gasteiger partial charge in [-0.2, -0.15) is 0 Å². The number of benzene rings is 1. The van der Waals surface area contributed by atoms with E-state index in [0.717, 1.165) is 6.42 Å². The molecule has 0 aromatic heterocycles. The predicted molar refractivity (Wildman–Crippen MR) is 77.0 cm³/mol. The number of ether oxygens (including phenoxy) is 1. The van der Waals surface area contributed by atoms with Crippen LogP contribution >= 0.6 is 0 Å². The molecule has 18 heavy (non-hydrogen) atoms. The van der Waals surface area contributed by atoms with Crippen molar-refractivity contribution in [2.75, 3.05) is 0 Å². The van der Waals surface area contributed by atoms with Gasteiger partial charge in [0.15, 0.2) is 0 Å². The molecule has 3 atom stereocenters. The standard InChI is InChI=1S/C17H26O/c1-4-6-7-14-8-10-15(11-9-14)13(3)12-17-16(5-2)18-17/h8-11,13,16-17H,4-7,12H2,1-3H3. The molecule has 1 aliphatic heterocycles. The van der Waals surface area contributed by atoms with Crippen LogP contribution in [0.1, 0.15) is 63.5 Å². The van der Waals surface area contributed by atoms with Crippen molar-refractivity contribution >= 4 is 0 Å². The molecule has 1 heterocycles. The summed E-state index contributed by atoms with van der Waals surface area (Å²) >= 11 is 0. The molecule has 0 spiro atoms. The second kappa shape index (κ2) is 6.38. The van der Waals surface area contributed by atoms with Gasteiger partial charge < -0.3 is 4.74 Å². The van der Waals surface area contributed by atoms with Gasteiger partial charge in [-0.25, -0.2) is 0 Å². The molecule has 2 rings (SSSR count). The highest BCUT2D eigenvalue weighted by molar-refractivity contribution is 5.25. The molecule has 0 N–H and O–H groups in total. The lowest BCUT2D eigenvalue weighted by Crippen LogP contribution is -2.01. The van der Waals surface area contributed by atoms with Crippen LogP contribution in [0.25, 0.3) is 0 Å². The highest BCUT2D eigenvalue weighted by Crippen LogP contribution is 2.34. The summed E-state index contributed by atoms with van der Waals surface area (Å²) in [7, 11) is 0. The van der Waals surface area contributed by atoms with Crippen LogP contribution in [0.5, 0.6) is 0 Å². The van der Waals surface area contributed by atoms with Gasteiger partial charge >= 0.3 is 0 Å². The van der Waals surface area contributed by atoms with Gasteiger partial charge in [-0.05, 0) is 42.7 Å².